The number of carbonyl (C=O) groups excluding carboxylic acids is 1. The second kappa shape index (κ2) is 9.63. The third-order valence-electron chi connectivity index (χ3n) is 4.78. The van der Waals surface area contributed by atoms with Crippen LogP contribution in [-0.4, -0.2) is 39.9 Å². The minimum atomic E-state index is 0.257. The van der Waals surface area contributed by atoms with Crippen LogP contribution in [0, 0.1) is 19.8 Å². The highest BCUT2D eigenvalue weighted by Gasteiger charge is 2.17. The molecule has 30 heavy (non-hydrogen) atoms. The number of nitrogens with zero attached hydrogens (tertiary/aromatic N) is 4. The monoisotopic (exact) mass is 408 g/mol. The van der Waals surface area contributed by atoms with Crippen molar-refractivity contribution in [3.8, 4) is 17.1 Å². The van der Waals surface area contributed by atoms with Gasteiger partial charge in [-0.25, -0.2) is 4.98 Å². The predicted octanol–water partition coefficient (Wildman–Crippen LogP) is 4.23. The highest BCUT2D eigenvalue weighted by Crippen LogP contribution is 2.26. The van der Waals surface area contributed by atoms with Gasteiger partial charge < -0.3 is 14.2 Å². The number of aromatic nitrogens is 3. The van der Waals surface area contributed by atoms with E-state index in [4.69, 9.17) is 9.26 Å². The molecule has 0 bridgehead atoms. The van der Waals surface area contributed by atoms with E-state index in [9.17, 15) is 4.79 Å². The number of ether oxygens (including phenoxy) is 1. The lowest BCUT2D eigenvalue weighted by Crippen LogP contribution is -2.23. The Bertz CT molecular complexity index is 996. The van der Waals surface area contributed by atoms with Crippen LogP contribution in [0.3, 0.4) is 0 Å². The Hall–Kier alpha value is -3.06. The van der Waals surface area contributed by atoms with Crippen LogP contribution < -0.4 is 4.74 Å². The second-order valence-corrected chi connectivity index (χ2v) is 7.97. The summed E-state index contributed by atoms with van der Waals surface area (Å²) >= 11 is 0. The van der Waals surface area contributed by atoms with Gasteiger partial charge in [-0.15, -0.1) is 0 Å². The first kappa shape index (κ1) is 21.6. The molecule has 0 N–H and O–H groups in total. The highest BCUT2D eigenvalue weighted by molar-refractivity contribution is 5.76. The smallest absolute Gasteiger partial charge is 0.213 e. The lowest BCUT2D eigenvalue weighted by molar-refractivity contribution is 0.112. The van der Waals surface area contributed by atoms with Gasteiger partial charge in [0.2, 0.25) is 5.88 Å². The van der Waals surface area contributed by atoms with Crippen LogP contribution in [0.25, 0.3) is 11.3 Å². The molecule has 3 rings (SSSR count). The molecule has 0 spiro atoms. The number of carbonyl (C=O) groups is 1. The van der Waals surface area contributed by atoms with E-state index in [0.717, 1.165) is 35.2 Å². The molecule has 0 saturated carbocycles. The summed E-state index contributed by atoms with van der Waals surface area (Å²) in [5.41, 5.74) is 4.83. The van der Waals surface area contributed by atoms with Gasteiger partial charge in [-0.3, -0.25) is 9.78 Å². The van der Waals surface area contributed by atoms with Gasteiger partial charge in [0.05, 0.1) is 5.56 Å². The summed E-state index contributed by atoms with van der Waals surface area (Å²) in [5, 5.41) is 4.17. The van der Waals surface area contributed by atoms with E-state index >= 15 is 0 Å². The standard InChI is InChI=1S/C23H28N4O3/c1-15(2)11-27(5)12-19-8-22(25-10-20(19)13-28)29-14-21-17(4)30-26-23(21)18-7-6-16(3)24-9-18/h6-10,13,15H,11-12,14H2,1-5H3. The fraction of sp³-hybridized carbons (Fsp3) is 0.391. The SMILES string of the molecule is Cc1ccc(-c2noc(C)c2COc2cc(CN(C)CC(C)C)c(C=O)cn2)cn1. The lowest BCUT2D eigenvalue weighted by atomic mass is 10.1. The number of hydrogen-bond acceptors (Lipinski definition) is 7. The van der Waals surface area contributed by atoms with Gasteiger partial charge in [0, 0.05) is 48.4 Å². The topological polar surface area (TPSA) is 81.4 Å². The highest BCUT2D eigenvalue weighted by atomic mass is 16.5. The van der Waals surface area contributed by atoms with Crippen LogP contribution in [0.1, 0.15) is 46.8 Å². The van der Waals surface area contributed by atoms with E-state index in [2.05, 4.69) is 33.9 Å². The summed E-state index contributed by atoms with van der Waals surface area (Å²) < 4.78 is 11.3. The maximum absolute atomic E-state index is 11.4. The van der Waals surface area contributed by atoms with Crippen LogP contribution in [0.2, 0.25) is 0 Å². The Kier molecular flexibility index (Phi) is 6.95. The predicted molar refractivity (Wildman–Crippen MR) is 114 cm³/mol. The average Bonchev–Trinajstić information content (AvgIpc) is 3.07. The number of hydrogen-bond donors (Lipinski definition) is 0. The Labute approximate surface area is 177 Å². The van der Waals surface area contributed by atoms with E-state index in [0.29, 0.717) is 35.4 Å². The lowest BCUT2D eigenvalue weighted by Gasteiger charge is -2.20. The summed E-state index contributed by atoms with van der Waals surface area (Å²) in [6.07, 6.45) is 4.17. The van der Waals surface area contributed by atoms with Crippen molar-refractivity contribution in [1.82, 2.24) is 20.0 Å². The molecule has 158 valence electrons. The largest absolute Gasteiger partial charge is 0.473 e. The van der Waals surface area contributed by atoms with Gasteiger partial charge in [0.15, 0.2) is 6.29 Å². The van der Waals surface area contributed by atoms with Crippen molar-refractivity contribution in [2.75, 3.05) is 13.6 Å². The van der Waals surface area contributed by atoms with Gasteiger partial charge in [-0.2, -0.15) is 0 Å². The van der Waals surface area contributed by atoms with Crippen LogP contribution in [0.5, 0.6) is 5.88 Å². The zero-order valence-corrected chi connectivity index (χ0v) is 18.2. The van der Waals surface area contributed by atoms with Crippen molar-refractivity contribution in [2.24, 2.45) is 5.92 Å². The summed E-state index contributed by atoms with van der Waals surface area (Å²) in [7, 11) is 2.04. The van der Waals surface area contributed by atoms with E-state index < -0.39 is 0 Å². The maximum atomic E-state index is 11.4. The molecular formula is C23H28N4O3. The number of aryl methyl sites for hydroxylation is 2. The molecule has 7 heteroatoms. The summed E-state index contributed by atoms with van der Waals surface area (Å²) in [6, 6.07) is 5.73. The normalized spacial score (nSPS) is 11.3. The average molecular weight is 409 g/mol. The van der Waals surface area contributed by atoms with E-state index in [1.165, 1.54) is 0 Å². The van der Waals surface area contributed by atoms with Gasteiger partial charge >= 0.3 is 0 Å². The Morgan fingerprint density at radius 2 is 2.00 bits per heavy atom. The molecule has 0 amide bonds. The fourth-order valence-corrected chi connectivity index (χ4v) is 3.33. The number of aldehydes is 1. The van der Waals surface area contributed by atoms with E-state index in [-0.39, 0.29) is 6.61 Å². The fourth-order valence-electron chi connectivity index (χ4n) is 3.33. The summed E-state index contributed by atoms with van der Waals surface area (Å²) in [4.78, 5) is 22.2. The van der Waals surface area contributed by atoms with Crippen LogP contribution >= 0.6 is 0 Å². The molecule has 0 aliphatic heterocycles. The summed E-state index contributed by atoms with van der Waals surface area (Å²) in [5.74, 6) is 1.69. The molecule has 0 radical (unpaired) electrons. The molecule has 0 unspecified atom stereocenters. The second-order valence-electron chi connectivity index (χ2n) is 7.97. The Morgan fingerprint density at radius 3 is 2.67 bits per heavy atom. The van der Waals surface area contributed by atoms with Crippen molar-refractivity contribution in [1.29, 1.82) is 0 Å². The number of rotatable bonds is 9. The van der Waals surface area contributed by atoms with Crippen molar-refractivity contribution in [3.63, 3.8) is 0 Å². The first-order valence-corrected chi connectivity index (χ1v) is 10.0. The van der Waals surface area contributed by atoms with Crippen molar-refractivity contribution >= 4 is 6.29 Å². The van der Waals surface area contributed by atoms with Crippen molar-refractivity contribution < 1.29 is 14.1 Å². The minimum Gasteiger partial charge on any atom is -0.473 e. The zero-order valence-electron chi connectivity index (χ0n) is 18.2. The molecule has 3 aromatic rings. The number of pyridine rings is 2. The van der Waals surface area contributed by atoms with Gasteiger partial charge in [0.25, 0.3) is 0 Å². The quantitative estimate of drug-likeness (QED) is 0.490. The first-order valence-electron chi connectivity index (χ1n) is 10.0. The van der Waals surface area contributed by atoms with Crippen LogP contribution in [0.15, 0.2) is 35.1 Å². The molecule has 0 saturated heterocycles. The maximum Gasteiger partial charge on any atom is 0.213 e. The first-order chi connectivity index (χ1) is 14.4. The van der Waals surface area contributed by atoms with Gasteiger partial charge in [-0.05, 0) is 44.5 Å². The Morgan fingerprint density at radius 1 is 1.20 bits per heavy atom. The van der Waals surface area contributed by atoms with Gasteiger partial charge in [0.1, 0.15) is 18.1 Å². The summed E-state index contributed by atoms with van der Waals surface area (Å²) in [6.45, 7) is 9.97. The molecule has 7 nitrogen and oxygen atoms in total. The van der Waals surface area contributed by atoms with Crippen LogP contribution in [0.4, 0.5) is 0 Å². The Balaban J connectivity index is 1.78. The van der Waals surface area contributed by atoms with Crippen molar-refractivity contribution in [2.45, 2.75) is 40.8 Å². The molecule has 3 heterocycles. The molecule has 3 aromatic heterocycles. The minimum absolute atomic E-state index is 0.257. The molecule has 0 atom stereocenters. The molecule has 0 aliphatic rings. The van der Waals surface area contributed by atoms with E-state index in [1.807, 2.05) is 39.1 Å². The van der Waals surface area contributed by atoms with Crippen LogP contribution in [-0.2, 0) is 13.2 Å². The van der Waals surface area contributed by atoms with E-state index in [1.54, 1.807) is 12.4 Å². The van der Waals surface area contributed by atoms with Gasteiger partial charge in [-0.1, -0.05) is 19.0 Å². The zero-order chi connectivity index (χ0) is 21.7. The van der Waals surface area contributed by atoms with Crippen molar-refractivity contribution in [3.05, 3.63) is 58.7 Å². The molecule has 0 aromatic carbocycles. The third kappa shape index (κ3) is 5.30. The molecular weight excluding hydrogens is 380 g/mol. The molecule has 0 fully saturated rings. The third-order valence-corrected chi connectivity index (χ3v) is 4.78. The molecule has 0 aliphatic carbocycles.